The van der Waals surface area contributed by atoms with E-state index in [0.717, 1.165) is 23.9 Å². The van der Waals surface area contributed by atoms with Gasteiger partial charge in [0.05, 0.1) is 16.4 Å². The van der Waals surface area contributed by atoms with Gasteiger partial charge in [-0.25, -0.2) is 0 Å². The zero-order valence-corrected chi connectivity index (χ0v) is 11.6. The van der Waals surface area contributed by atoms with Crippen molar-refractivity contribution in [2.24, 2.45) is 12.8 Å². The van der Waals surface area contributed by atoms with Crippen molar-refractivity contribution in [3.05, 3.63) is 47.2 Å². The van der Waals surface area contributed by atoms with Crippen molar-refractivity contribution in [1.82, 2.24) is 14.8 Å². The number of thiophene rings is 1. The average Bonchev–Trinajstić information content (AvgIpc) is 3.03. The molecule has 3 heterocycles. The Morgan fingerprint density at radius 2 is 2.32 bits per heavy atom. The molecule has 2 N–H and O–H groups in total. The Hall–Kier alpha value is -1.72. The van der Waals surface area contributed by atoms with Crippen molar-refractivity contribution in [1.29, 1.82) is 0 Å². The van der Waals surface area contributed by atoms with Crippen LogP contribution in [0.1, 0.15) is 23.6 Å². The second-order valence-corrected chi connectivity index (χ2v) is 5.69. The Morgan fingerprint density at radius 1 is 1.42 bits per heavy atom. The van der Waals surface area contributed by atoms with Gasteiger partial charge in [0, 0.05) is 25.5 Å². The van der Waals surface area contributed by atoms with Crippen molar-refractivity contribution >= 4 is 21.6 Å². The zero-order valence-electron chi connectivity index (χ0n) is 10.8. The average molecular weight is 272 g/mol. The van der Waals surface area contributed by atoms with Gasteiger partial charge in [-0.15, -0.1) is 11.3 Å². The third kappa shape index (κ3) is 2.67. The molecule has 0 aliphatic rings. The van der Waals surface area contributed by atoms with Gasteiger partial charge in [-0.2, -0.15) is 5.10 Å². The van der Waals surface area contributed by atoms with E-state index in [1.807, 2.05) is 36.4 Å². The highest BCUT2D eigenvalue weighted by Crippen LogP contribution is 2.23. The molecule has 0 fully saturated rings. The molecule has 3 rings (SSSR count). The summed E-state index contributed by atoms with van der Waals surface area (Å²) in [5.41, 5.74) is 9.63. The van der Waals surface area contributed by atoms with Gasteiger partial charge in [-0.3, -0.25) is 9.67 Å². The molecule has 3 aromatic rings. The minimum absolute atomic E-state index is 0.0270. The smallest absolute Gasteiger partial charge is 0.0809 e. The molecule has 0 spiro atoms. The SMILES string of the molecule is Cn1cc(CCC(N)c2cnc3ccsc3c2)cn1. The van der Waals surface area contributed by atoms with Crippen LogP contribution in [-0.2, 0) is 13.5 Å². The summed E-state index contributed by atoms with van der Waals surface area (Å²) >= 11 is 1.71. The monoisotopic (exact) mass is 272 g/mol. The first-order valence-corrected chi connectivity index (χ1v) is 7.16. The van der Waals surface area contributed by atoms with E-state index in [1.54, 1.807) is 11.3 Å². The maximum absolute atomic E-state index is 6.25. The molecule has 19 heavy (non-hydrogen) atoms. The largest absolute Gasteiger partial charge is 0.324 e. The predicted octanol–water partition coefficient (Wildman–Crippen LogP) is 2.66. The van der Waals surface area contributed by atoms with Gasteiger partial charge in [0.1, 0.15) is 0 Å². The van der Waals surface area contributed by atoms with Crippen LogP contribution >= 0.6 is 11.3 Å². The lowest BCUT2D eigenvalue weighted by atomic mass is 10.0. The molecule has 0 bridgehead atoms. The first kappa shape index (κ1) is 12.3. The third-order valence-electron chi connectivity index (χ3n) is 3.25. The second kappa shape index (κ2) is 5.11. The van der Waals surface area contributed by atoms with Crippen LogP contribution < -0.4 is 5.73 Å². The van der Waals surface area contributed by atoms with Crippen molar-refractivity contribution < 1.29 is 0 Å². The fourth-order valence-electron chi connectivity index (χ4n) is 2.15. The van der Waals surface area contributed by atoms with Gasteiger partial charge in [0.2, 0.25) is 0 Å². The minimum atomic E-state index is 0.0270. The van der Waals surface area contributed by atoms with E-state index in [0.29, 0.717) is 0 Å². The molecule has 0 saturated heterocycles. The van der Waals surface area contributed by atoms with Gasteiger partial charge < -0.3 is 5.73 Å². The summed E-state index contributed by atoms with van der Waals surface area (Å²) in [6.07, 6.45) is 7.67. The highest BCUT2D eigenvalue weighted by Gasteiger charge is 2.09. The lowest BCUT2D eigenvalue weighted by Gasteiger charge is -2.10. The topological polar surface area (TPSA) is 56.7 Å². The summed E-state index contributed by atoms with van der Waals surface area (Å²) in [5.74, 6) is 0. The van der Waals surface area contributed by atoms with Crippen molar-refractivity contribution in [3.8, 4) is 0 Å². The molecule has 5 heteroatoms. The van der Waals surface area contributed by atoms with Crippen LogP contribution in [0.25, 0.3) is 10.2 Å². The Kier molecular flexibility index (Phi) is 3.31. The standard InChI is InChI=1S/C14H16N4S/c1-18-9-10(7-17-18)2-3-12(15)11-6-14-13(16-8-11)4-5-19-14/h4-9,12H,2-3,15H2,1H3. The molecule has 0 radical (unpaired) electrons. The van der Waals surface area contributed by atoms with Gasteiger partial charge in [0.25, 0.3) is 0 Å². The number of nitrogens with two attached hydrogens (primary N) is 1. The van der Waals surface area contributed by atoms with Crippen molar-refractivity contribution in [2.45, 2.75) is 18.9 Å². The van der Waals surface area contributed by atoms with Crippen LogP contribution in [0.2, 0.25) is 0 Å². The summed E-state index contributed by atoms with van der Waals surface area (Å²) < 4.78 is 3.02. The molecule has 1 atom stereocenters. The molecule has 0 amide bonds. The van der Waals surface area contributed by atoms with E-state index < -0.39 is 0 Å². The van der Waals surface area contributed by atoms with Crippen LogP contribution in [-0.4, -0.2) is 14.8 Å². The zero-order chi connectivity index (χ0) is 13.2. The lowest BCUT2D eigenvalue weighted by Crippen LogP contribution is -2.11. The van der Waals surface area contributed by atoms with E-state index >= 15 is 0 Å². The molecular weight excluding hydrogens is 256 g/mol. The van der Waals surface area contributed by atoms with Crippen LogP contribution in [0.4, 0.5) is 0 Å². The fourth-order valence-corrected chi connectivity index (χ4v) is 2.94. The first-order chi connectivity index (χ1) is 9.22. The van der Waals surface area contributed by atoms with Gasteiger partial charge >= 0.3 is 0 Å². The third-order valence-corrected chi connectivity index (χ3v) is 4.11. The molecule has 0 aromatic carbocycles. The summed E-state index contributed by atoms with van der Waals surface area (Å²) in [4.78, 5) is 4.44. The first-order valence-electron chi connectivity index (χ1n) is 6.28. The Morgan fingerprint density at radius 3 is 3.11 bits per heavy atom. The predicted molar refractivity (Wildman–Crippen MR) is 78.1 cm³/mol. The van der Waals surface area contributed by atoms with Gasteiger partial charge in [0.15, 0.2) is 0 Å². The van der Waals surface area contributed by atoms with E-state index in [4.69, 9.17) is 5.73 Å². The number of pyridine rings is 1. The molecule has 0 saturated carbocycles. The summed E-state index contributed by atoms with van der Waals surface area (Å²) in [7, 11) is 1.93. The van der Waals surface area contributed by atoms with E-state index in [9.17, 15) is 0 Å². The molecule has 1 unspecified atom stereocenters. The van der Waals surface area contributed by atoms with Gasteiger partial charge in [-0.05, 0) is 41.5 Å². The molecule has 4 nitrogen and oxygen atoms in total. The number of nitrogens with zero attached hydrogens (tertiary/aromatic N) is 3. The number of aromatic nitrogens is 3. The molecule has 0 aliphatic carbocycles. The molecule has 0 aliphatic heterocycles. The normalized spacial score (nSPS) is 12.9. The number of hydrogen-bond acceptors (Lipinski definition) is 4. The minimum Gasteiger partial charge on any atom is -0.324 e. The van der Waals surface area contributed by atoms with Crippen LogP contribution in [0.15, 0.2) is 36.1 Å². The maximum Gasteiger partial charge on any atom is 0.0809 e. The fraction of sp³-hybridized carbons (Fsp3) is 0.286. The van der Waals surface area contributed by atoms with E-state index in [2.05, 4.69) is 21.5 Å². The molecular formula is C14H16N4S. The Labute approximate surface area is 115 Å². The molecule has 3 aromatic heterocycles. The second-order valence-electron chi connectivity index (χ2n) is 4.74. The Balaban J connectivity index is 1.70. The molecule has 98 valence electrons. The summed E-state index contributed by atoms with van der Waals surface area (Å²) in [6, 6.07) is 4.21. The summed E-state index contributed by atoms with van der Waals surface area (Å²) in [5, 5.41) is 6.22. The van der Waals surface area contributed by atoms with Crippen LogP contribution in [0.3, 0.4) is 0 Å². The van der Waals surface area contributed by atoms with E-state index in [-0.39, 0.29) is 6.04 Å². The van der Waals surface area contributed by atoms with Crippen molar-refractivity contribution in [3.63, 3.8) is 0 Å². The van der Waals surface area contributed by atoms with E-state index in [1.165, 1.54) is 10.3 Å². The number of aryl methyl sites for hydroxylation is 2. The highest BCUT2D eigenvalue weighted by atomic mass is 32.1. The van der Waals surface area contributed by atoms with Crippen LogP contribution in [0, 0.1) is 0 Å². The quantitative estimate of drug-likeness (QED) is 0.794. The van der Waals surface area contributed by atoms with Crippen molar-refractivity contribution in [2.75, 3.05) is 0 Å². The van der Waals surface area contributed by atoms with Gasteiger partial charge in [-0.1, -0.05) is 0 Å². The lowest BCUT2D eigenvalue weighted by molar-refractivity contribution is 0.649. The number of rotatable bonds is 4. The summed E-state index contributed by atoms with van der Waals surface area (Å²) in [6.45, 7) is 0. The Bertz CT molecular complexity index is 685. The maximum atomic E-state index is 6.25. The van der Waals surface area contributed by atoms with Crippen LogP contribution in [0.5, 0.6) is 0 Å². The number of hydrogen-bond donors (Lipinski definition) is 1. The highest BCUT2D eigenvalue weighted by molar-refractivity contribution is 7.17. The number of fused-ring (bicyclic) bond motifs is 1.